The molecule has 0 saturated carbocycles. The second-order valence-electron chi connectivity index (χ2n) is 4.65. The molecule has 1 aromatic carbocycles. The molecule has 0 bridgehead atoms. The molecule has 0 aliphatic carbocycles. The zero-order valence-corrected chi connectivity index (χ0v) is 16.4. The second-order valence-corrected chi connectivity index (χ2v) is 5.35. The van der Waals surface area contributed by atoms with Crippen molar-refractivity contribution in [2.45, 2.75) is 13.1 Å². The number of benzene rings is 1. The van der Waals surface area contributed by atoms with Crippen molar-refractivity contribution in [1.29, 1.82) is 0 Å². The molecule has 0 saturated heterocycles. The summed E-state index contributed by atoms with van der Waals surface area (Å²) in [5, 5.41) is 5.17. The van der Waals surface area contributed by atoms with Gasteiger partial charge in [-0.1, -0.05) is 42.2 Å². The van der Waals surface area contributed by atoms with Gasteiger partial charge in [-0.2, -0.15) is 0 Å². The van der Waals surface area contributed by atoms with Gasteiger partial charge in [0, 0.05) is 44.8 Å². The number of rotatable bonds is 6. The van der Waals surface area contributed by atoms with Crippen LogP contribution >= 0.6 is 11.9 Å². The summed E-state index contributed by atoms with van der Waals surface area (Å²) in [7, 11) is 0. The van der Waals surface area contributed by atoms with Gasteiger partial charge in [0.15, 0.2) is 0 Å². The van der Waals surface area contributed by atoms with Crippen LogP contribution in [0.25, 0.3) is 5.73 Å². The first kappa shape index (κ1) is 20.4. The van der Waals surface area contributed by atoms with Crippen molar-refractivity contribution in [2.75, 3.05) is 11.6 Å². The molecule has 0 aliphatic rings. The van der Waals surface area contributed by atoms with Crippen LogP contribution in [0.15, 0.2) is 36.5 Å². The van der Waals surface area contributed by atoms with Crippen molar-refractivity contribution in [3.05, 3.63) is 59.2 Å². The van der Waals surface area contributed by atoms with Crippen LogP contribution in [0.4, 0.5) is 20.7 Å². The van der Waals surface area contributed by atoms with Crippen LogP contribution in [0, 0.1) is 5.82 Å². The Labute approximate surface area is 158 Å². The SMILES string of the molecule is CSNCc1ccc(NC(=O)NCc2cccnc2[NH-])cc1F.[Re]. The third kappa shape index (κ3) is 6.09. The second kappa shape index (κ2) is 10.3. The monoisotopic (exact) mass is 521 g/mol. The molecule has 2 aromatic rings. The predicted octanol–water partition coefficient (Wildman–Crippen LogP) is 3.59. The van der Waals surface area contributed by atoms with Crippen LogP contribution in [-0.4, -0.2) is 17.3 Å². The number of hydrogen-bond donors (Lipinski definition) is 3. The molecule has 2 amide bonds. The minimum atomic E-state index is -0.470. The molecule has 9 heteroatoms. The average molecular weight is 521 g/mol. The van der Waals surface area contributed by atoms with Gasteiger partial charge in [0.05, 0.1) is 0 Å². The predicted molar refractivity (Wildman–Crippen MR) is 90.8 cm³/mol. The van der Waals surface area contributed by atoms with E-state index in [4.69, 9.17) is 5.73 Å². The van der Waals surface area contributed by atoms with Crippen molar-refractivity contribution < 1.29 is 29.6 Å². The summed E-state index contributed by atoms with van der Waals surface area (Å²) >= 11 is 1.41. The van der Waals surface area contributed by atoms with E-state index in [9.17, 15) is 9.18 Å². The number of nitrogens with zero attached hydrogens (tertiary/aromatic N) is 1. The molecule has 0 unspecified atom stereocenters. The first-order valence-corrected chi connectivity index (χ1v) is 8.07. The average Bonchev–Trinajstić information content (AvgIpc) is 2.53. The number of urea groups is 1. The van der Waals surface area contributed by atoms with E-state index in [1.54, 1.807) is 24.3 Å². The number of hydrogen-bond acceptors (Lipinski definition) is 4. The summed E-state index contributed by atoms with van der Waals surface area (Å²) in [4.78, 5) is 15.6. The fourth-order valence-electron chi connectivity index (χ4n) is 1.85. The van der Waals surface area contributed by atoms with Crippen LogP contribution in [0.3, 0.4) is 0 Å². The van der Waals surface area contributed by atoms with E-state index in [-0.39, 0.29) is 38.6 Å². The first-order valence-electron chi connectivity index (χ1n) is 6.84. The maximum atomic E-state index is 13.9. The summed E-state index contributed by atoms with van der Waals surface area (Å²) in [6, 6.07) is 7.48. The van der Waals surface area contributed by atoms with Crippen LogP contribution in [0.5, 0.6) is 0 Å². The fraction of sp³-hybridized carbons (Fsp3) is 0.200. The molecule has 1 heterocycles. The van der Waals surface area contributed by atoms with Crippen molar-refractivity contribution in [3.8, 4) is 0 Å². The molecule has 24 heavy (non-hydrogen) atoms. The topological polar surface area (TPSA) is 89.8 Å². The third-order valence-corrected chi connectivity index (χ3v) is 3.48. The fourth-order valence-corrected chi connectivity index (χ4v) is 2.15. The molecule has 0 spiro atoms. The Balaban J connectivity index is 0.00000288. The Bertz CT molecular complexity index is 689. The van der Waals surface area contributed by atoms with Gasteiger partial charge in [-0.3, -0.25) is 4.72 Å². The van der Waals surface area contributed by atoms with Crippen molar-refractivity contribution >= 4 is 29.5 Å². The molecular formula is C15H17FN5OReS-. The summed E-state index contributed by atoms with van der Waals surface area (Å²) in [6.45, 7) is 0.587. The maximum Gasteiger partial charge on any atom is 0.319 e. The number of aromatic nitrogens is 1. The smallest absolute Gasteiger partial charge is 0.319 e. The molecular weight excluding hydrogens is 503 g/mol. The first-order chi connectivity index (χ1) is 11.1. The molecule has 0 aliphatic heterocycles. The maximum absolute atomic E-state index is 13.9. The van der Waals surface area contributed by atoms with Crippen LogP contribution in [0.1, 0.15) is 11.1 Å². The van der Waals surface area contributed by atoms with Gasteiger partial charge in [0.1, 0.15) is 5.82 Å². The standard InChI is InChI=1S/C15H18FN5OS.Re/c1-23-20-9-10-4-5-12(7-13(10)16)21-15(22)19-8-11-3-2-6-18-14(11)17;/h2-7,20H,8-9H2,1H3,(H4,17,18,19,21,22);/p-1. The van der Waals surface area contributed by atoms with Gasteiger partial charge in [-0.15, -0.1) is 0 Å². The van der Waals surface area contributed by atoms with E-state index >= 15 is 0 Å². The van der Waals surface area contributed by atoms with Gasteiger partial charge < -0.3 is 21.4 Å². The minimum absolute atomic E-state index is 0. The molecule has 4 N–H and O–H groups in total. The molecule has 6 nitrogen and oxygen atoms in total. The number of amides is 2. The van der Waals surface area contributed by atoms with E-state index < -0.39 is 6.03 Å². The van der Waals surface area contributed by atoms with E-state index in [0.29, 0.717) is 23.4 Å². The van der Waals surface area contributed by atoms with Crippen LogP contribution in [-0.2, 0) is 33.5 Å². The Morgan fingerprint density at radius 1 is 1.29 bits per heavy atom. The number of carbonyl (C=O) groups is 1. The van der Waals surface area contributed by atoms with Crippen molar-refractivity contribution in [2.24, 2.45) is 0 Å². The molecule has 1 radical (unpaired) electrons. The van der Waals surface area contributed by atoms with Crippen LogP contribution in [0.2, 0.25) is 0 Å². The number of halogens is 1. The zero-order valence-electron chi connectivity index (χ0n) is 12.9. The number of anilines is 1. The minimum Gasteiger partial charge on any atom is -0.482 e. The summed E-state index contributed by atoms with van der Waals surface area (Å²) in [6.07, 6.45) is 3.38. The van der Waals surface area contributed by atoms with Crippen molar-refractivity contribution in [3.63, 3.8) is 0 Å². The Morgan fingerprint density at radius 2 is 2.08 bits per heavy atom. The quantitative estimate of drug-likeness (QED) is 0.508. The number of nitrogens with one attached hydrogen (secondary N) is 4. The largest absolute Gasteiger partial charge is 0.482 e. The van der Waals surface area contributed by atoms with Gasteiger partial charge in [-0.25, -0.2) is 9.18 Å². The van der Waals surface area contributed by atoms with E-state index in [1.807, 2.05) is 6.26 Å². The number of carbonyl (C=O) groups excluding carboxylic acids is 1. The Kier molecular flexibility index (Phi) is 8.71. The number of pyridine rings is 1. The van der Waals surface area contributed by atoms with Gasteiger partial charge in [0.2, 0.25) is 0 Å². The zero-order chi connectivity index (χ0) is 16.7. The molecule has 2 rings (SSSR count). The van der Waals surface area contributed by atoms with Crippen molar-refractivity contribution in [1.82, 2.24) is 15.0 Å². The Hall–Kier alpha value is -1.66. The van der Waals surface area contributed by atoms with Crippen LogP contribution < -0.4 is 15.4 Å². The summed E-state index contributed by atoms with van der Waals surface area (Å²) in [5.41, 5.74) is 9.10. The van der Waals surface area contributed by atoms with E-state index in [1.165, 1.54) is 24.2 Å². The normalized spacial score (nSPS) is 9.92. The Morgan fingerprint density at radius 3 is 2.75 bits per heavy atom. The van der Waals surface area contributed by atoms with Gasteiger partial charge >= 0.3 is 6.03 Å². The van der Waals surface area contributed by atoms with Gasteiger partial charge in [-0.05, 0) is 24.0 Å². The van der Waals surface area contributed by atoms with E-state index in [2.05, 4.69) is 20.3 Å². The summed E-state index contributed by atoms with van der Waals surface area (Å²) in [5.74, 6) is -0.269. The molecule has 0 atom stereocenters. The molecule has 129 valence electrons. The van der Waals surface area contributed by atoms with E-state index in [0.717, 1.165) is 0 Å². The molecule has 0 fully saturated rings. The third-order valence-electron chi connectivity index (χ3n) is 3.05. The molecule has 1 aromatic heterocycles. The van der Waals surface area contributed by atoms with Gasteiger partial charge in [0.25, 0.3) is 0 Å². The summed E-state index contributed by atoms with van der Waals surface area (Å²) < 4.78 is 16.8.